The molecule has 0 spiro atoms. The molecule has 13 amide bonds. The molecule has 37 nitrogen and oxygen atoms in total. The van der Waals surface area contributed by atoms with Crippen LogP contribution in [0.3, 0.4) is 0 Å². The number of carbonyl (C=O) groups is 16. The third-order valence-electron chi connectivity index (χ3n) is 15.3. The van der Waals surface area contributed by atoms with E-state index in [1.807, 2.05) is 0 Å². The van der Waals surface area contributed by atoms with Gasteiger partial charge in [-0.15, -0.1) is 0 Å². The molecule has 37 heteroatoms. The van der Waals surface area contributed by atoms with Gasteiger partial charge in [0.2, 0.25) is 76.8 Å². The van der Waals surface area contributed by atoms with Crippen molar-refractivity contribution < 1.29 is 107 Å². The number of amides is 13. The van der Waals surface area contributed by atoms with Gasteiger partial charge in [0.25, 0.3) is 0 Å². The van der Waals surface area contributed by atoms with Gasteiger partial charge in [-0.25, -0.2) is 4.79 Å². The first kappa shape index (κ1) is 86.7. The lowest BCUT2D eigenvalue weighted by molar-refractivity contribution is -0.143. The highest BCUT2D eigenvalue weighted by atomic mass is 16.4. The van der Waals surface area contributed by atoms with Crippen LogP contribution in [0.5, 0.6) is 5.75 Å². The summed E-state index contributed by atoms with van der Waals surface area (Å²) in [6, 6.07) is -4.99. The van der Waals surface area contributed by atoms with Crippen molar-refractivity contribution in [2.24, 2.45) is 29.0 Å². The zero-order valence-electron chi connectivity index (χ0n) is 57.0. The van der Waals surface area contributed by atoms with Gasteiger partial charge in [-0.1, -0.05) is 70.2 Å². The summed E-state index contributed by atoms with van der Waals surface area (Å²) < 4.78 is 0. The van der Waals surface area contributed by atoms with E-state index in [2.05, 4.69) is 63.8 Å². The second-order valence-corrected chi connectivity index (χ2v) is 24.6. The molecule has 0 saturated carbocycles. The summed E-state index contributed by atoms with van der Waals surface area (Å²) in [5.74, 6) is -18.6. The third kappa shape index (κ3) is 32.9. The summed E-state index contributed by atoms with van der Waals surface area (Å²) in [6.45, 7) is 6.14. The number of carbonyl (C=O) groups excluding carboxylic acids is 13. The zero-order chi connectivity index (χ0) is 76.2. The summed E-state index contributed by atoms with van der Waals surface area (Å²) in [5, 5.41) is 87.0. The van der Waals surface area contributed by atoms with E-state index in [1.165, 1.54) is 38.1 Å². The number of aliphatic carboxylic acids is 3. The molecule has 0 aliphatic heterocycles. The Kier molecular flexibility index (Phi) is 38.3. The normalized spacial score (nSPS) is 14.6. The monoisotopic (exact) mass is 1430 g/mol. The summed E-state index contributed by atoms with van der Waals surface area (Å²) in [7, 11) is 0. The number of aliphatic hydroxyl groups is 2. The molecule has 0 radical (unpaired) electrons. The van der Waals surface area contributed by atoms with Crippen LogP contribution in [0.25, 0.3) is 0 Å². The maximum atomic E-state index is 14.2. The second kappa shape index (κ2) is 44.6. The van der Waals surface area contributed by atoms with E-state index in [9.17, 15) is 107 Å². The van der Waals surface area contributed by atoms with Crippen LogP contribution in [-0.4, -0.2) is 224 Å². The molecule has 2 aromatic carbocycles. The number of carboxylic acids is 3. The lowest BCUT2D eigenvalue weighted by atomic mass is 10.00. The number of primary amides is 1. The van der Waals surface area contributed by atoms with E-state index in [-0.39, 0.29) is 56.2 Å². The number of aromatic hydroxyl groups is 1. The number of rotatable bonds is 47. The van der Waals surface area contributed by atoms with Crippen LogP contribution in [0.4, 0.5) is 0 Å². The minimum absolute atomic E-state index is 0.0832. The van der Waals surface area contributed by atoms with Gasteiger partial charge < -0.3 is 112 Å². The fourth-order valence-electron chi connectivity index (χ4n) is 9.43. The SMILES string of the molecule is CC(C)C[C@H](NC(=O)[C@H](Cc1ccc(O)cc1)NC(=O)[C@H](CO)NC(=O)[C@H](CO)NC(=O)[C@@H](N)C(C)C)C(=O)N[C@@H](CCC(=O)O)C(=O)NCC(=O)N[C@@H](CCC(N)=O)C(=O)N[C@@H](C)C(=O)N[C@@H](C)C(=O)N[C@@H](CCCCN)C(=O)N[C@@H](CCC(=O)O)C(=O)N[C@@H](Cc1ccccc1)C(=O)O. The van der Waals surface area contributed by atoms with Crippen LogP contribution in [0, 0.1) is 11.8 Å². The molecule has 2 rings (SSSR count). The minimum atomic E-state index is -1.80. The number of unbranched alkanes of at least 4 members (excludes halogenated alkanes) is 1. The van der Waals surface area contributed by atoms with Crippen molar-refractivity contribution in [3.63, 3.8) is 0 Å². The molecule has 0 bridgehead atoms. The number of phenols is 1. The Hall–Kier alpha value is -10.4. The number of aliphatic hydroxyl groups excluding tert-OH is 2. The second-order valence-electron chi connectivity index (χ2n) is 24.6. The lowest BCUT2D eigenvalue weighted by Crippen LogP contribution is -2.61. The van der Waals surface area contributed by atoms with Gasteiger partial charge in [0, 0.05) is 32.1 Å². The number of phenolic OH excluding ortho intramolecular Hbond substituents is 1. The van der Waals surface area contributed by atoms with Crippen LogP contribution in [0.1, 0.15) is 117 Å². The topological polar surface area (TPSA) is 617 Å². The first-order valence-corrected chi connectivity index (χ1v) is 32.5. The van der Waals surface area contributed by atoms with Crippen molar-refractivity contribution in [2.45, 2.75) is 191 Å². The van der Waals surface area contributed by atoms with E-state index < -0.39 is 225 Å². The van der Waals surface area contributed by atoms with Gasteiger partial charge in [-0.05, 0) is 100 Å². The Balaban J connectivity index is 2.28. The maximum absolute atomic E-state index is 14.2. The van der Waals surface area contributed by atoms with Gasteiger partial charge in [-0.2, -0.15) is 0 Å². The average Bonchev–Trinajstić information content (AvgIpc) is 0.857. The molecule has 0 aliphatic rings. The van der Waals surface area contributed by atoms with Crippen molar-refractivity contribution in [1.29, 1.82) is 0 Å². The molecule has 560 valence electrons. The van der Waals surface area contributed by atoms with Gasteiger partial charge in [0.15, 0.2) is 0 Å². The summed E-state index contributed by atoms with van der Waals surface area (Å²) in [4.78, 5) is 211. The zero-order valence-corrected chi connectivity index (χ0v) is 57.0. The molecule has 0 heterocycles. The van der Waals surface area contributed by atoms with Crippen LogP contribution in [0.15, 0.2) is 54.6 Å². The van der Waals surface area contributed by atoms with Crippen molar-refractivity contribution in [3.8, 4) is 5.75 Å². The van der Waals surface area contributed by atoms with Crippen LogP contribution < -0.4 is 81.0 Å². The van der Waals surface area contributed by atoms with Gasteiger partial charge >= 0.3 is 17.9 Å². The highest BCUT2D eigenvalue weighted by Crippen LogP contribution is 2.15. The van der Waals surface area contributed by atoms with Gasteiger partial charge in [-0.3, -0.25) is 71.9 Å². The standard InChI is InChI=1S/C64H97N15O22/c1-32(2)26-43(75-60(96)44(27-37-15-17-38(82)18-16-37)76-61(97)46(30-80)78-62(98)47(31-81)79-63(99)52(67)33(3)4)59(95)73-40(20-23-50(85)86)55(91)68-29-49(84)71-41(19-22-48(66)83)56(92)70-34(5)53(89)69-35(6)54(90)72-39(14-10-11-25-65)57(93)74-42(21-24-51(87)88)58(94)77-45(64(100)101)28-36-12-8-7-9-13-36/h7-9,12-13,15-18,32-35,39-47,52,80-82H,10-11,14,19-31,65,67H2,1-6H3,(H2,66,83)(H,68,91)(H,69,89)(H,70,92)(H,71,84)(H,72,90)(H,73,95)(H,74,93)(H,75,96)(H,76,97)(H,77,94)(H,78,98)(H,79,99)(H,85,86)(H,87,88)(H,100,101)/t34-,35-,39-,40-,41-,42-,43-,44-,45-,46-,47-,52-/m0/s1. The minimum Gasteiger partial charge on any atom is -0.508 e. The average molecular weight is 1430 g/mol. The highest BCUT2D eigenvalue weighted by Gasteiger charge is 2.36. The largest absolute Gasteiger partial charge is 0.508 e. The van der Waals surface area contributed by atoms with E-state index in [0.29, 0.717) is 17.5 Å². The van der Waals surface area contributed by atoms with Gasteiger partial charge in [0.05, 0.1) is 25.8 Å². The predicted octanol–water partition coefficient (Wildman–Crippen LogP) is -6.11. The van der Waals surface area contributed by atoms with Crippen LogP contribution in [-0.2, 0) is 89.6 Å². The highest BCUT2D eigenvalue weighted by molar-refractivity contribution is 5.99. The number of carboxylic acid groups (broad SMARTS) is 3. The van der Waals surface area contributed by atoms with Crippen molar-refractivity contribution in [3.05, 3.63) is 65.7 Å². The smallest absolute Gasteiger partial charge is 0.326 e. The summed E-state index contributed by atoms with van der Waals surface area (Å²) >= 11 is 0. The lowest BCUT2D eigenvalue weighted by Gasteiger charge is -2.27. The summed E-state index contributed by atoms with van der Waals surface area (Å²) in [6.07, 6.45) is -3.60. The Morgan fingerprint density at radius 1 is 0.416 bits per heavy atom. The van der Waals surface area contributed by atoms with Crippen molar-refractivity contribution in [1.82, 2.24) is 63.8 Å². The fourth-order valence-corrected chi connectivity index (χ4v) is 9.43. The van der Waals surface area contributed by atoms with Crippen molar-refractivity contribution in [2.75, 3.05) is 26.3 Å². The Morgan fingerprint density at radius 2 is 0.802 bits per heavy atom. The number of nitrogens with one attached hydrogen (secondary N) is 12. The van der Waals surface area contributed by atoms with E-state index in [4.69, 9.17) is 17.2 Å². The van der Waals surface area contributed by atoms with Crippen LogP contribution in [0.2, 0.25) is 0 Å². The van der Waals surface area contributed by atoms with Crippen molar-refractivity contribution >= 4 is 94.7 Å². The maximum Gasteiger partial charge on any atom is 0.326 e. The Bertz CT molecular complexity index is 3180. The van der Waals surface area contributed by atoms with E-state index in [1.54, 1.807) is 58.0 Å². The van der Waals surface area contributed by atoms with E-state index in [0.717, 1.165) is 0 Å². The number of benzene rings is 2. The number of hydrogen-bond donors (Lipinski definition) is 21. The molecular weight excluding hydrogens is 1330 g/mol. The predicted molar refractivity (Wildman–Crippen MR) is 357 cm³/mol. The number of hydrogen-bond acceptors (Lipinski definition) is 21. The molecular formula is C64H97N15O22. The first-order chi connectivity index (χ1) is 47.5. The molecule has 24 N–H and O–H groups in total. The van der Waals surface area contributed by atoms with E-state index >= 15 is 0 Å². The molecule has 12 atom stereocenters. The molecule has 0 fully saturated rings. The molecule has 2 aromatic rings. The van der Waals surface area contributed by atoms with Gasteiger partial charge in [0.1, 0.15) is 72.2 Å². The van der Waals surface area contributed by atoms with Crippen LogP contribution >= 0.6 is 0 Å². The molecule has 101 heavy (non-hydrogen) atoms. The third-order valence-corrected chi connectivity index (χ3v) is 15.3. The first-order valence-electron chi connectivity index (χ1n) is 32.5. The Morgan fingerprint density at radius 3 is 1.30 bits per heavy atom. The quantitative estimate of drug-likeness (QED) is 0.0274. The number of nitrogens with two attached hydrogens (primary N) is 3. The fraction of sp³-hybridized carbons (Fsp3) is 0.562. The molecule has 0 saturated heterocycles. The molecule has 0 aliphatic carbocycles. The molecule has 0 unspecified atom stereocenters. The summed E-state index contributed by atoms with van der Waals surface area (Å²) in [5.41, 5.74) is 17.7. The molecule has 0 aromatic heterocycles. The Labute approximate surface area is 581 Å².